The molecule has 1 aliphatic rings. The van der Waals surface area contributed by atoms with Gasteiger partial charge in [-0.2, -0.15) is 0 Å². The van der Waals surface area contributed by atoms with Gasteiger partial charge in [0.1, 0.15) is 11.5 Å². The molecule has 10 heteroatoms. The highest BCUT2D eigenvalue weighted by Crippen LogP contribution is 2.45. The van der Waals surface area contributed by atoms with E-state index in [4.69, 9.17) is 27.9 Å². The fourth-order valence-electron chi connectivity index (χ4n) is 6.44. The Morgan fingerprint density at radius 1 is 1.07 bits per heavy atom. The molecule has 1 aliphatic carbocycles. The maximum absolute atomic E-state index is 14.5. The largest absolute Gasteiger partial charge is 0.356 e. The van der Waals surface area contributed by atoms with Crippen LogP contribution in [0.5, 0.6) is 0 Å². The van der Waals surface area contributed by atoms with Gasteiger partial charge in [0.25, 0.3) is 0 Å². The molecule has 0 amide bonds. The van der Waals surface area contributed by atoms with Gasteiger partial charge in [0, 0.05) is 39.1 Å². The van der Waals surface area contributed by atoms with Crippen molar-refractivity contribution in [1.29, 1.82) is 0 Å². The van der Waals surface area contributed by atoms with Crippen molar-refractivity contribution in [2.75, 3.05) is 6.61 Å². The van der Waals surface area contributed by atoms with Crippen LogP contribution in [0.3, 0.4) is 0 Å². The number of halogens is 4. The van der Waals surface area contributed by atoms with Crippen molar-refractivity contribution < 1.29 is 19.0 Å². The number of aliphatic hydroxyl groups excluding tert-OH is 1. The molecular weight excluding hydrogens is 692 g/mol. The molecule has 0 fully saturated rings. The summed E-state index contributed by atoms with van der Waals surface area (Å²) < 4.78 is 22.7. The Balaban J connectivity index is 1.28. The topological polar surface area (TPSA) is 76.4 Å². The quantitative estimate of drug-likeness (QED) is 0.111. The highest BCUT2D eigenvalue weighted by molar-refractivity contribution is 9.10. The van der Waals surface area contributed by atoms with E-state index in [0.717, 1.165) is 22.3 Å². The lowest BCUT2D eigenvalue weighted by atomic mass is 9.93. The SMILES string of the molecule is CC(C)CC(NC(O)OCC1c2ccccc2-c2ccccc21)C(=O)n1cc(C(C)c2c(Cl)ccc(F)c2Cl)c2cc(Br)cnc21. The highest BCUT2D eigenvalue weighted by atomic mass is 79.9. The summed E-state index contributed by atoms with van der Waals surface area (Å²) >= 11 is 16.4. The lowest BCUT2D eigenvalue weighted by Gasteiger charge is -2.24. The molecule has 2 aromatic heterocycles. The molecular formula is C36H33BrCl2FN3O3. The monoisotopic (exact) mass is 723 g/mol. The lowest BCUT2D eigenvalue weighted by molar-refractivity contribution is -0.126. The second-order valence-corrected chi connectivity index (χ2v) is 13.8. The van der Waals surface area contributed by atoms with E-state index in [1.54, 1.807) is 12.4 Å². The summed E-state index contributed by atoms with van der Waals surface area (Å²) in [7, 11) is 0. The summed E-state index contributed by atoms with van der Waals surface area (Å²) in [5.74, 6) is -1.29. The van der Waals surface area contributed by atoms with Gasteiger partial charge in [0.05, 0.1) is 17.7 Å². The van der Waals surface area contributed by atoms with Crippen LogP contribution in [0.15, 0.2) is 83.6 Å². The van der Waals surface area contributed by atoms with Crippen LogP contribution >= 0.6 is 39.1 Å². The summed E-state index contributed by atoms with van der Waals surface area (Å²) in [6.07, 6.45) is 2.34. The molecule has 46 heavy (non-hydrogen) atoms. The first-order valence-electron chi connectivity index (χ1n) is 15.1. The minimum Gasteiger partial charge on any atom is -0.356 e. The maximum Gasteiger partial charge on any atom is 0.249 e. The van der Waals surface area contributed by atoms with Crippen molar-refractivity contribution in [2.24, 2.45) is 5.92 Å². The number of aliphatic hydroxyl groups is 1. The van der Waals surface area contributed by atoms with Crippen LogP contribution in [0.25, 0.3) is 22.2 Å². The first kappa shape index (κ1) is 32.8. The van der Waals surface area contributed by atoms with E-state index in [-0.39, 0.29) is 29.4 Å². The Hall–Kier alpha value is -3.11. The van der Waals surface area contributed by atoms with Gasteiger partial charge in [0.2, 0.25) is 12.3 Å². The number of pyridine rings is 1. The molecule has 0 bridgehead atoms. The number of hydrogen-bond acceptors (Lipinski definition) is 5. The number of hydrogen-bond donors (Lipinski definition) is 2. The smallest absolute Gasteiger partial charge is 0.249 e. The molecule has 3 aromatic carbocycles. The lowest BCUT2D eigenvalue weighted by Crippen LogP contribution is -2.47. The summed E-state index contributed by atoms with van der Waals surface area (Å²) in [5, 5.41) is 15.0. The van der Waals surface area contributed by atoms with E-state index in [1.807, 2.05) is 51.1 Å². The number of carbonyl (C=O) groups is 1. The predicted octanol–water partition coefficient (Wildman–Crippen LogP) is 9.15. The van der Waals surface area contributed by atoms with Crippen LogP contribution < -0.4 is 5.32 Å². The van der Waals surface area contributed by atoms with Gasteiger partial charge in [-0.25, -0.2) is 9.37 Å². The number of nitrogens with one attached hydrogen (secondary N) is 1. The minimum atomic E-state index is -1.40. The zero-order chi connectivity index (χ0) is 32.7. The van der Waals surface area contributed by atoms with Crippen LogP contribution in [-0.2, 0) is 4.74 Å². The van der Waals surface area contributed by atoms with Crippen molar-refractivity contribution >= 4 is 56.1 Å². The maximum atomic E-state index is 14.5. The number of carbonyl (C=O) groups excluding carboxylic acids is 1. The Kier molecular flexibility index (Phi) is 9.67. The second-order valence-electron chi connectivity index (χ2n) is 12.1. The molecule has 0 saturated carbocycles. The minimum absolute atomic E-state index is 0.0512. The van der Waals surface area contributed by atoms with E-state index < -0.39 is 24.2 Å². The van der Waals surface area contributed by atoms with Gasteiger partial charge >= 0.3 is 0 Å². The number of ether oxygens (including phenoxy) is 1. The summed E-state index contributed by atoms with van der Waals surface area (Å²) in [6.45, 7) is 6.10. The Morgan fingerprint density at radius 2 is 1.72 bits per heavy atom. The molecule has 6 rings (SSSR count). The van der Waals surface area contributed by atoms with Crippen LogP contribution in [0.1, 0.15) is 66.1 Å². The van der Waals surface area contributed by atoms with E-state index in [2.05, 4.69) is 50.5 Å². The zero-order valence-electron chi connectivity index (χ0n) is 25.5. The first-order chi connectivity index (χ1) is 22.0. The van der Waals surface area contributed by atoms with Gasteiger partial charge in [-0.05, 0) is 79.8 Å². The summed E-state index contributed by atoms with van der Waals surface area (Å²) in [6, 6.07) is 20.2. The van der Waals surface area contributed by atoms with Crippen LogP contribution in [0.2, 0.25) is 10.0 Å². The van der Waals surface area contributed by atoms with Crippen LogP contribution in [-0.4, -0.2) is 39.6 Å². The molecule has 6 nitrogen and oxygen atoms in total. The van der Waals surface area contributed by atoms with Crippen molar-refractivity contribution in [3.8, 4) is 11.1 Å². The van der Waals surface area contributed by atoms with Crippen LogP contribution in [0.4, 0.5) is 4.39 Å². The van der Waals surface area contributed by atoms with Crippen molar-refractivity contribution in [2.45, 2.75) is 51.5 Å². The fraction of sp³-hybridized carbons (Fsp3) is 0.278. The normalized spacial score (nSPS) is 14.8. The second kappa shape index (κ2) is 13.6. The summed E-state index contributed by atoms with van der Waals surface area (Å²) in [5.41, 5.74) is 6.14. The third kappa shape index (κ3) is 6.27. The van der Waals surface area contributed by atoms with Crippen LogP contribution in [0, 0.1) is 11.7 Å². The first-order valence-corrected chi connectivity index (χ1v) is 16.7. The molecule has 3 unspecified atom stereocenters. The molecule has 3 atom stereocenters. The zero-order valence-corrected chi connectivity index (χ0v) is 28.6. The van der Waals surface area contributed by atoms with Gasteiger partial charge < -0.3 is 9.84 Å². The third-order valence-electron chi connectivity index (χ3n) is 8.59. The van der Waals surface area contributed by atoms with Crippen molar-refractivity contribution in [1.82, 2.24) is 14.9 Å². The predicted molar refractivity (Wildman–Crippen MR) is 184 cm³/mol. The molecule has 238 valence electrons. The highest BCUT2D eigenvalue weighted by Gasteiger charge is 2.31. The van der Waals surface area contributed by atoms with Gasteiger partial charge in [0.15, 0.2) is 0 Å². The average Bonchev–Trinajstić information content (AvgIpc) is 3.56. The molecule has 2 N–H and O–H groups in total. The number of aromatic nitrogens is 2. The Labute approximate surface area is 285 Å². The number of benzene rings is 3. The van der Waals surface area contributed by atoms with E-state index in [0.29, 0.717) is 38.1 Å². The van der Waals surface area contributed by atoms with E-state index >= 15 is 0 Å². The molecule has 5 aromatic rings. The molecule has 0 spiro atoms. The van der Waals surface area contributed by atoms with E-state index in [1.165, 1.54) is 16.7 Å². The number of nitrogens with zero attached hydrogens (tertiary/aromatic N) is 2. The molecule has 2 heterocycles. The van der Waals surface area contributed by atoms with E-state index in [9.17, 15) is 14.3 Å². The molecule has 0 aliphatic heterocycles. The number of fused-ring (bicyclic) bond motifs is 4. The Bertz CT molecular complexity index is 1890. The van der Waals surface area contributed by atoms with Crippen molar-refractivity contribution in [3.63, 3.8) is 0 Å². The molecule has 0 radical (unpaired) electrons. The number of rotatable bonds is 10. The standard InChI is InChI=1S/C36H33BrCl2FN3O3/c1-19(2)14-31(42-36(45)46-18-28-24-10-6-4-8-22(24)23-9-5-7-11-25(23)28)35(44)43-17-27(26-15-21(37)16-41-34(26)43)20(3)32-29(38)12-13-30(40)33(32)39/h4-13,15-17,19-20,28,31,36,42,45H,14,18H2,1-3H3. The average molecular weight is 725 g/mol. The fourth-order valence-corrected chi connectivity index (χ4v) is 7.47. The van der Waals surface area contributed by atoms with Gasteiger partial charge in [-0.1, -0.05) is 92.5 Å². The Morgan fingerprint density at radius 3 is 2.37 bits per heavy atom. The van der Waals surface area contributed by atoms with Gasteiger partial charge in [-0.15, -0.1) is 0 Å². The third-order valence-corrected chi connectivity index (χ3v) is 9.74. The van der Waals surface area contributed by atoms with Gasteiger partial charge in [-0.3, -0.25) is 14.7 Å². The summed E-state index contributed by atoms with van der Waals surface area (Å²) in [4.78, 5) is 18.8. The van der Waals surface area contributed by atoms with Crippen molar-refractivity contribution in [3.05, 3.63) is 122 Å². The molecule has 0 saturated heterocycles.